The van der Waals surface area contributed by atoms with E-state index >= 15 is 0 Å². The SMILES string of the molecule is CCC(CO)(CO)NC1c2ccccc2OC1(C)C. The average Bonchev–Trinajstić information content (AvgIpc) is 2.66. The molecule has 1 heterocycles. The summed E-state index contributed by atoms with van der Waals surface area (Å²) in [4.78, 5) is 0. The van der Waals surface area contributed by atoms with Crippen LogP contribution in [0.3, 0.4) is 0 Å². The van der Waals surface area contributed by atoms with E-state index in [4.69, 9.17) is 4.74 Å². The first-order chi connectivity index (χ1) is 8.98. The first-order valence-electron chi connectivity index (χ1n) is 6.75. The normalized spacial score (nSPS) is 21.0. The summed E-state index contributed by atoms with van der Waals surface area (Å²) in [5, 5.41) is 22.6. The van der Waals surface area contributed by atoms with Crippen molar-refractivity contribution in [1.82, 2.24) is 5.32 Å². The number of rotatable bonds is 5. The molecule has 3 N–H and O–H groups in total. The predicted octanol–water partition coefficient (Wildman–Crippen LogP) is 1.62. The van der Waals surface area contributed by atoms with Crippen molar-refractivity contribution in [3.63, 3.8) is 0 Å². The lowest BCUT2D eigenvalue weighted by Gasteiger charge is -2.37. The Labute approximate surface area is 114 Å². The van der Waals surface area contributed by atoms with Crippen LogP contribution in [0.2, 0.25) is 0 Å². The zero-order valence-corrected chi connectivity index (χ0v) is 11.8. The maximum absolute atomic E-state index is 9.59. The first-order valence-corrected chi connectivity index (χ1v) is 6.75. The third-order valence-corrected chi connectivity index (χ3v) is 4.03. The fourth-order valence-corrected chi connectivity index (χ4v) is 2.55. The van der Waals surface area contributed by atoms with E-state index in [-0.39, 0.29) is 19.3 Å². The third-order valence-electron chi connectivity index (χ3n) is 4.03. The van der Waals surface area contributed by atoms with Crippen LogP contribution in [0.5, 0.6) is 5.75 Å². The Balaban J connectivity index is 2.33. The van der Waals surface area contributed by atoms with Crippen LogP contribution in [0, 0.1) is 0 Å². The van der Waals surface area contributed by atoms with E-state index in [1.54, 1.807) is 0 Å². The van der Waals surface area contributed by atoms with E-state index in [9.17, 15) is 10.2 Å². The Bertz CT molecular complexity index is 433. The van der Waals surface area contributed by atoms with Crippen LogP contribution in [0.1, 0.15) is 38.8 Å². The smallest absolute Gasteiger partial charge is 0.125 e. The molecule has 0 fully saturated rings. The van der Waals surface area contributed by atoms with Crippen molar-refractivity contribution in [3.8, 4) is 5.75 Å². The van der Waals surface area contributed by atoms with Crippen molar-refractivity contribution in [2.24, 2.45) is 0 Å². The summed E-state index contributed by atoms with van der Waals surface area (Å²) < 4.78 is 5.96. The number of aliphatic hydroxyl groups excluding tert-OH is 2. The molecule has 0 aromatic heterocycles. The number of nitrogens with one attached hydrogen (secondary N) is 1. The summed E-state index contributed by atoms with van der Waals surface area (Å²) in [5.41, 5.74) is -0.00998. The lowest BCUT2D eigenvalue weighted by atomic mass is 9.89. The summed E-state index contributed by atoms with van der Waals surface area (Å²) in [7, 11) is 0. The molecule has 1 aromatic carbocycles. The number of aliphatic hydroxyl groups is 2. The van der Waals surface area contributed by atoms with Crippen molar-refractivity contribution in [2.45, 2.75) is 44.4 Å². The molecule has 1 aliphatic heterocycles. The van der Waals surface area contributed by atoms with Gasteiger partial charge in [-0.1, -0.05) is 25.1 Å². The molecule has 0 spiro atoms. The van der Waals surface area contributed by atoms with Crippen molar-refractivity contribution in [1.29, 1.82) is 0 Å². The highest BCUT2D eigenvalue weighted by atomic mass is 16.5. The molecule has 1 aliphatic rings. The van der Waals surface area contributed by atoms with Crippen LogP contribution in [0.15, 0.2) is 24.3 Å². The molecule has 19 heavy (non-hydrogen) atoms. The van der Waals surface area contributed by atoms with Gasteiger partial charge < -0.3 is 14.9 Å². The van der Waals surface area contributed by atoms with Gasteiger partial charge in [0.05, 0.1) is 24.8 Å². The van der Waals surface area contributed by atoms with Crippen molar-refractivity contribution in [3.05, 3.63) is 29.8 Å². The highest BCUT2D eigenvalue weighted by molar-refractivity contribution is 5.42. The van der Waals surface area contributed by atoms with Crippen molar-refractivity contribution < 1.29 is 14.9 Å². The highest BCUT2D eigenvalue weighted by Crippen LogP contribution is 2.43. The molecule has 1 unspecified atom stereocenters. The van der Waals surface area contributed by atoms with Crippen LogP contribution in [-0.4, -0.2) is 34.6 Å². The van der Waals surface area contributed by atoms with Crippen molar-refractivity contribution in [2.75, 3.05) is 13.2 Å². The lowest BCUT2D eigenvalue weighted by Crippen LogP contribution is -2.56. The summed E-state index contributed by atoms with van der Waals surface area (Å²) in [5.74, 6) is 0.867. The number of benzene rings is 1. The minimum Gasteiger partial charge on any atom is -0.486 e. The Kier molecular flexibility index (Phi) is 3.85. The van der Waals surface area contributed by atoms with Crippen LogP contribution in [-0.2, 0) is 0 Å². The Morgan fingerprint density at radius 2 is 1.89 bits per heavy atom. The first kappa shape index (κ1) is 14.3. The molecule has 106 valence electrons. The number of hydrogen-bond acceptors (Lipinski definition) is 4. The van der Waals surface area contributed by atoms with Gasteiger partial charge in [0.25, 0.3) is 0 Å². The molecular formula is C15H23NO3. The number of hydrogen-bond donors (Lipinski definition) is 3. The van der Waals surface area contributed by atoms with Gasteiger partial charge in [0.15, 0.2) is 0 Å². The molecule has 2 rings (SSSR count). The molecule has 4 nitrogen and oxygen atoms in total. The number of ether oxygens (including phenoxy) is 1. The van der Waals surface area contributed by atoms with Crippen LogP contribution >= 0.6 is 0 Å². The third kappa shape index (κ3) is 2.48. The standard InChI is InChI=1S/C15H23NO3/c1-4-15(9-17,10-18)16-13-11-7-5-6-8-12(11)19-14(13,2)3/h5-8,13,16-18H,4,9-10H2,1-3H3. The zero-order chi connectivity index (χ0) is 14.1. The van der Waals surface area contributed by atoms with Gasteiger partial charge >= 0.3 is 0 Å². The Morgan fingerprint density at radius 1 is 1.26 bits per heavy atom. The quantitative estimate of drug-likeness (QED) is 0.757. The molecule has 0 saturated carbocycles. The molecule has 0 aliphatic carbocycles. The fourth-order valence-electron chi connectivity index (χ4n) is 2.55. The largest absolute Gasteiger partial charge is 0.486 e. The van der Waals surface area contributed by atoms with Gasteiger partial charge in [-0.25, -0.2) is 0 Å². The van der Waals surface area contributed by atoms with E-state index in [0.29, 0.717) is 6.42 Å². The second kappa shape index (κ2) is 5.12. The predicted molar refractivity (Wildman–Crippen MR) is 74.2 cm³/mol. The molecule has 0 amide bonds. The van der Waals surface area contributed by atoms with E-state index < -0.39 is 11.1 Å². The average molecular weight is 265 g/mol. The zero-order valence-electron chi connectivity index (χ0n) is 11.8. The number of para-hydroxylation sites is 1. The molecule has 0 saturated heterocycles. The molecule has 0 radical (unpaired) electrons. The second-order valence-electron chi connectivity index (χ2n) is 5.77. The van der Waals surface area contributed by atoms with Crippen LogP contribution in [0.4, 0.5) is 0 Å². The maximum Gasteiger partial charge on any atom is 0.125 e. The van der Waals surface area contributed by atoms with Gasteiger partial charge in [0, 0.05) is 5.56 Å². The van der Waals surface area contributed by atoms with Gasteiger partial charge in [0.1, 0.15) is 11.4 Å². The minimum atomic E-state index is -0.678. The summed E-state index contributed by atoms with van der Waals surface area (Å²) >= 11 is 0. The van der Waals surface area contributed by atoms with E-state index in [2.05, 4.69) is 5.32 Å². The van der Waals surface area contributed by atoms with Gasteiger partial charge in [-0.05, 0) is 26.3 Å². The summed E-state index contributed by atoms with van der Waals surface area (Å²) in [6.07, 6.45) is 0.648. The second-order valence-corrected chi connectivity index (χ2v) is 5.77. The minimum absolute atomic E-state index is 0.0528. The Hall–Kier alpha value is -1.10. The molecular weight excluding hydrogens is 242 g/mol. The summed E-state index contributed by atoms with van der Waals surface area (Å²) in [6, 6.07) is 7.84. The summed E-state index contributed by atoms with van der Waals surface area (Å²) in [6.45, 7) is 5.78. The highest BCUT2D eigenvalue weighted by Gasteiger charge is 2.44. The van der Waals surface area contributed by atoms with Gasteiger partial charge in [-0.3, -0.25) is 5.32 Å². The molecule has 1 atom stereocenters. The van der Waals surface area contributed by atoms with E-state index in [1.807, 2.05) is 45.0 Å². The molecule has 0 bridgehead atoms. The molecule has 1 aromatic rings. The van der Waals surface area contributed by atoms with Crippen LogP contribution < -0.4 is 10.1 Å². The van der Waals surface area contributed by atoms with Crippen LogP contribution in [0.25, 0.3) is 0 Å². The van der Waals surface area contributed by atoms with Gasteiger partial charge in [-0.2, -0.15) is 0 Å². The van der Waals surface area contributed by atoms with Gasteiger partial charge in [-0.15, -0.1) is 0 Å². The van der Waals surface area contributed by atoms with Crippen molar-refractivity contribution >= 4 is 0 Å². The topological polar surface area (TPSA) is 61.7 Å². The van der Waals surface area contributed by atoms with Gasteiger partial charge in [0.2, 0.25) is 0 Å². The monoisotopic (exact) mass is 265 g/mol. The lowest BCUT2D eigenvalue weighted by molar-refractivity contribution is 0.0345. The maximum atomic E-state index is 9.59. The fraction of sp³-hybridized carbons (Fsp3) is 0.600. The van der Waals surface area contributed by atoms with E-state index in [1.165, 1.54) is 0 Å². The van der Waals surface area contributed by atoms with E-state index in [0.717, 1.165) is 11.3 Å². The Morgan fingerprint density at radius 3 is 2.47 bits per heavy atom. The molecule has 4 heteroatoms. The number of fused-ring (bicyclic) bond motifs is 1.